The monoisotopic (exact) mass is 881 g/mol. The van der Waals surface area contributed by atoms with Crippen molar-refractivity contribution in [2.75, 3.05) is 13.2 Å². The van der Waals surface area contributed by atoms with Gasteiger partial charge in [-0.25, -0.2) is 0 Å². The van der Waals surface area contributed by atoms with E-state index in [1.54, 1.807) is 0 Å². The van der Waals surface area contributed by atoms with Crippen LogP contribution in [0.3, 0.4) is 0 Å². The van der Waals surface area contributed by atoms with E-state index in [1.807, 2.05) is 0 Å². The molecule has 0 aliphatic heterocycles. The van der Waals surface area contributed by atoms with Gasteiger partial charge in [-0.3, -0.25) is 43.2 Å². The number of rotatable bonds is 26. The van der Waals surface area contributed by atoms with Crippen LogP contribution in [0.1, 0.15) is 55.2 Å². The summed E-state index contributed by atoms with van der Waals surface area (Å²) in [5, 5.41) is 26.9. The molecule has 0 saturated heterocycles. The number of hydrogen-bond donors (Lipinski definition) is 6. The number of ether oxygens (including phenoxy) is 6. The van der Waals surface area contributed by atoms with Crippen LogP contribution >= 0.6 is 0 Å². The maximum Gasteiger partial charge on any atom is 0.320 e. The third-order valence-electron chi connectivity index (χ3n) is 8.54. The third-order valence-corrected chi connectivity index (χ3v) is 8.54. The van der Waals surface area contributed by atoms with Gasteiger partial charge in [-0.2, -0.15) is 0 Å². The van der Waals surface area contributed by atoms with Crippen molar-refractivity contribution in [1.82, 2.24) is 0 Å². The van der Waals surface area contributed by atoms with Gasteiger partial charge < -0.3 is 60.9 Å². The summed E-state index contributed by atoms with van der Waals surface area (Å²) in [5.74, 6) is -8.43. The van der Waals surface area contributed by atoms with Crippen molar-refractivity contribution >= 4 is 53.7 Å². The Hall–Kier alpha value is -7.23. The second kappa shape index (κ2) is 25.5. The second-order valence-corrected chi connectivity index (χ2v) is 13.8. The normalized spacial score (nSPS) is 12.2. The first-order valence-corrected chi connectivity index (χ1v) is 19.2. The Morgan fingerprint density at radius 3 is 0.921 bits per heavy atom. The van der Waals surface area contributed by atoms with Gasteiger partial charge in [0.2, 0.25) is 0 Å². The fourth-order valence-corrected chi connectivity index (χ4v) is 5.14. The molecule has 3 rings (SSSR count). The minimum Gasteiger partial charge on any atom is -0.480 e. The van der Waals surface area contributed by atoms with Crippen molar-refractivity contribution in [3.05, 3.63) is 89.5 Å². The zero-order chi connectivity index (χ0) is 46.5. The summed E-state index contributed by atoms with van der Waals surface area (Å²) in [6, 6.07) is 14.3. The summed E-state index contributed by atoms with van der Waals surface area (Å²) >= 11 is 0. The molecule has 0 unspecified atom stereocenters. The number of aliphatic carboxylic acids is 3. The Balaban J connectivity index is 1.51. The summed E-state index contributed by atoms with van der Waals surface area (Å²) in [7, 11) is 0. The summed E-state index contributed by atoms with van der Waals surface area (Å²) < 4.78 is 31.2. The maximum absolute atomic E-state index is 12.7. The number of carboxylic acid groups (broad SMARTS) is 3. The minimum absolute atomic E-state index is 0.0387. The van der Waals surface area contributed by atoms with Gasteiger partial charge in [0.15, 0.2) is 6.10 Å². The number of benzene rings is 3. The average molecular weight is 882 g/mol. The summed E-state index contributed by atoms with van der Waals surface area (Å²) in [6.45, 7) is -1.30. The first kappa shape index (κ1) is 50.1. The molecule has 0 aliphatic rings. The van der Waals surface area contributed by atoms with E-state index in [1.165, 1.54) is 72.8 Å². The van der Waals surface area contributed by atoms with Crippen molar-refractivity contribution in [3.63, 3.8) is 0 Å². The standard InChI is InChI=1S/C42H47N3O18/c43-31(40(52)53)19-24-1-7-27(8-2-24)60-36(48)15-13-34(46)58-22-30(63-39(51)18-17-38(50)62-29-11-5-26(6-12-29)21-33(45)42(56)57)23-59-35(47)14-16-37(49)61-28-9-3-25(4-10-28)20-32(44)41(54)55/h1-12,30-33H,13-23,43-45H2,(H,52,53)(H,54,55)(H,56,57)/t31-,32-,33-/m0/s1. The summed E-state index contributed by atoms with van der Waals surface area (Å²) in [6.07, 6.45) is -4.03. The number of hydrogen-bond acceptors (Lipinski definition) is 18. The average Bonchev–Trinajstić information content (AvgIpc) is 3.24. The van der Waals surface area contributed by atoms with E-state index in [0.717, 1.165) is 0 Å². The van der Waals surface area contributed by atoms with E-state index in [2.05, 4.69) is 0 Å². The van der Waals surface area contributed by atoms with Crippen LogP contribution in [0.5, 0.6) is 17.2 Å². The maximum atomic E-state index is 12.7. The lowest BCUT2D eigenvalue weighted by Gasteiger charge is -2.18. The molecule has 0 amide bonds. The molecule has 3 aromatic rings. The van der Waals surface area contributed by atoms with E-state index in [-0.39, 0.29) is 36.5 Å². The van der Waals surface area contributed by atoms with Crippen molar-refractivity contribution in [2.45, 2.75) is 82.0 Å². The summed E-state index contributed by atoms with van der Waals surface area (Å²) in [5.41, 5.74) is 18.3. The van der Waals surface area contributed by atoms with Gasteiger partial charge in [-0.05, 0) is 72.4 Å². The lowest BCUT2D eigenvalue weighted by atomic mass is 10.1. The highest BCUT2D eigenvalue weighted by Gasteiger charge is 2.22. The number of carbonyl (C=O) groups excluding carboxylic acids is 6. The summed E-state index contributed by atoms with van der Waals surface area (Å²) in [4.78, 5) is 108. The molecule has 63 heavy (non-hydrogen) atoms. The quantitative estimate of drug-likeness (QED) is 0.0372. The van der Waals surface area contributed by atoms with Crippen LogP contribution in [0.15, 0.2) is 72.8 Å². The van der Waals surface area contributed by atoms with E-state index < -0.39 is 130 Å². The van der Waals surface area contributed by atoms with Crippen molar-refractivity contribution < 1.29 is 86.9 Å². The topological polar surface area (TPSA) is 348 Å². The molecule has 0 spiro atoms. The van der Waals surface area contributed by atoms with E-state index >= 15 is 0 Å². The van der Waals surface area contributed by atoms with Gasteiger partial charge in [0.1, 0.15) is 48.6 Å². The number of nitrogens with two attached hydrogens (primary N) is 3. The first-order valence-electron chi connectivity index (χ1n) is 19.2. The zero-order valence-corrected chi connectivity index (χ0v) is 33.7. The SMILES string of the molecule is N[C@@H](Cc1ccc(OC(=O)CCC(=O)OCC(COC(=O)CCC(=O)Oc2ccc(C[C@H](N)C(=O)O)cc2)OC(=O)CCC(=O)Oc2ccc(C[C@H](N)C(=O)O)cc2)cc1)C(=O)O. The zero-order valence-electron chi connectivity index (χ0n) is 33.7. The molecule has 21 heteroatoms. The fraction of sp³-hybridized carbons (Fsp3) is 0.357. The van der Waals surface area contributed by atoms with Crippen LogP contribution < -0.4 is 31.4 Å². The molecule has 0 bridgehead atoms. The molecule has 3 aromatic carbocycles. The largest absolute Gasteiger partial charge is 0.480 e. The van der Waals surface area contributed by atoms with E-state index in [0.29, 0.717) is 16.7 Å². The molecule has 9 N–H and O–H groups in total. The highest BCUT2D eigenvalue weighted by atomic mass is 16.6. The fourth-order valence-electron chi connectivity index (χ4n) is 5.14. The van der Waals surface area contributed by atoms with Gasteiger partial charge in [0, 0.05) is 0 Å². The van der Waals surface area contributed by atoms with Gasteiger partial charge in [-0.1, -0.05) is 36.4 Å². The first-order chi connectivity index (χ1) is 29.9. The minimum atomic E-state index is -1.40. The highest BCUT2D eigenvalue weighted by Crippen LogP contribution is 2.17. The van der Waals surface area contributed by atoms with Gasteiger partial charge >= 0.3 is 53.7 Å². The van der Waals surface area contributed by atoms with Crippen LogP contribution in [0.2, 0.25) is 0 Å². The Bertz CT molecular complexity index is 1970. The Morgan fingerprint density at radius 2 is 0.651 bits per heavy atom. The third kappa shape index (κ3) is 19.8. The smallest absolute Gasteiger partial charge is 0.320 e. The Kier molecular flexibility index (Phi) is 20.3. The van der Waals surface area contributed by atoms with Crippen molar-refractivity contribution in [3.8, 4) is 17.2 Å². The van der Waals surface area contributed by atoms with Crippen LogP contribution in [0.4, 0.5) is 0 Å². The molecular formula is C42H47N3O18. The predicted molar refractivity (Wildman–Crippen MR) is 214 cm³/mol. The van der Waals surface area contributed by atoms with Crippen LogP contribution in [-0.4, -0.2) is 106 Å². The molecule has 0 fully saturated rings. The molecular weight excluding hydrogens is 834 g/mol. The number of carboxylic acids is 3. The van der Waals surface area contributed by atoms with Crippen LogP contribution in [0, 0.1) is 0 Å². The van der Waals surface area contributed by atoms with Crippen molar-refractivity contribution in [1.29, 1.82) is 0 Å². The molecule has 338 valence electrons. The van der Waals surface area contributed by atoms with Gasteiger partial charge in [0.05, 0.1) is 38.5 Å². The molecule has 21 nitrogen and oxygen atoms in total. The van der Waals surface area contributed by atoms with Crippen molar-refractivity contribution in [2.24, 2.45) is 17.2 Å². The number of esters is 6. The molecule has 0 heterocycles. The Labute approximate surface area is 359 Å². The molecule has 0 saturated carbocycles. The van der Waals surface area contributed by atoms with E-state index in [9.17, 15) is 43.2 Å². The second-order valence-electron chi connectivity index (χ2n) is 13.8. The highest BCUT2D eigenvalue weighted by molar-refractivity contribution is 5.81. The van der Waals surface area contributed by atoms with Gasteiger partial charge in [0.25, 0.3) is 0 Å². The molecule has 3 atom stereocenters. The number of carbonyl (C=O) groups is 9. The Morgan fingerprint density at radius 1 is 0.397 bits per heavy atom. The molecule has 0 aliphatic carbocycles. The van der Waals surface area contributed by atoms with Crippen LogP contribution in [-0.2, 0) is 76.6 Å². The predicted octanol–water partition coefficient (Wildman–Crippen LogP) is 1.01. The van der Waals surface area contributed by atoms with Gasteiger partial charge in [-0.15, -0.1) is 0 Å². The lowest BCUT2D eigenvalue weighted by Crippen LogP contribution is -2.32. The van der Waals surface area contributed by atoms with Crippen LogP contribution in [0.25, 0.3) is 0 Å². The molecule has 0 radical (unpaired) electrons. The van der Waals surface area contributed by atoms with E-state index in [4.69, 9.17) is 60.9 Å². The molecule has 0 aromatic heterocycles. The lowest BCUT2D eigenvalue weighted by molar-refractivity contribution is -0.167.